The summed E-state index contributed by atoms with van der Waals surface area (Å²) in [7, 11) is -4.04. The van der Waals surface area contributed by atoms with E-state index < -0.39 is 21.9 Å². The molecule has 20 heavy (non-hydrogen) atoms. The molecule has 11 heteroatoms. The van der Waals surface area contributed by atoms with Crippen LogP contribution in [0.5, 0.6) is 0 Å². The minimum atomic E-state index is -4.04. The van der Waals surface area contributed by atoms with Crippen molar-refractivity contribution in [3.63, 3.8) is 0 Å². The van der Waals surface area contributed by atoms with E-state index in [9.17, 15) is 13.0 Å². The van der Waals surface area contributed by atoms with Gasteiger partial charge >= 0.3 is 10.2 Å². The lowest BCUT2D eigenvalue weighted by atomic mass is 10.3. The third kappa shape index (κ3) is 4.14. The summed E-state index contributed by atoms with van der Waals surface area (Å²) in [5.41, 5.74) is -3.16. The van der Waals surface area contributed by atoms with Crippen molar-refractivity contribution in [1.82, 2.24) is 4.08 Å². The largest absolute Gasteiger partial charge is 0.308 e. The number of nitrogens with zero attached hydrogens (tertiary/aromatic N) is 1. The van der Waals surface area contributed by atoms with Crippen LogP contribution < -0.4 is 15.0 Å². The molecule has 0 fully saturated rings. The maximum Gasteiger partial charge on any atom is 0.308 e. The highest BCUT2D eigenvalue weighted by Gasteiger charge is 2.42. The second kappa shape index (κ2) is 7.17. The Balaban J connectivity index is 3.17. The molecule has 0 atom stereocenters. The van der Waals surface area contributed by atoms with Gasteiger partial charge in [0.25, 0.3) is 5.70 Å². The van der Waals surface area contributed by atoms with Crippen molar-refractivity contribution >= 4 is 44.7 Å². The van der Waals surface area contributed by atoms with Crippen molar-refractivity contribution in [2.75, 3.05) is 4.72 Å². The number of benzene rings is 1. The Hall–Kier alpha value is -0.220. The van der Waals surface area contributed by atoms with Gasteiger partial charge in [0, 0.05) is 34.9 Å². The van der Waals surface area contributed by atoms with Crippen molar-refractivity contribution in [2.24, 2.45) is 10.3 Å². The van der Waals surface area contributed by atoms with Crippen LogP contribution in [0.15, 0.2) is 30.3 Å². The van der Waals surface area contributed by atoms with Crippen LogP contribution in [-0.2, 0) is 14.8 Å². The molecule has 0 heterocycles. The second-order valence-electron chi connectivity index (χ2n) is 4.02. The molecule has 1 aromatic rings. The van der Waals surface area contributed by atoms with Gasteiger partial charge in [-0.3, -0.25) is 19.6 Å². The minimum absolute atomic E-state index is 0.369. The number of hydrogen-bond donors (Lipinski definition) is 3. The predicted octanol–water partition coefficient (Wildman–Crippen LogP) is 2.38. The fourth-order valence-corrected chi connectivity index (χ4v) is 9.13. The molecule has 0 saturated carbocycles. The Morgan fingerprint density at radius 3 is 2.10 bits per heavy atom. The molecule has 0 unspecified atom stereocenters. The molecule has 0 radical (unpaired) electrons. The quantitative estimate of drug-likeness (QED) is 0.507. The molecule has 0 aliphatic rings. The number of anilines is 1. The van der Waals surface area contributed by atoms with E-state index in [4.69, 9.17) is 10.3 Å². The Kier molecular flexibility index (Phi) is 6.39. The molecule has 0 amide bonds. The fraction of sp³-hybridized carbons (Fsp3) is 0.333. The van der Waals surface area contributed by atoms with Crippen molar-refractivity contribution in [3.05, 3.63) is 30.3 Å². The normalized spacial score (nSPS) is 12.9. The van der Waals surface area contributed by atoms with Gasteiger partial charge in [-0.2, -0.15) is 8.42 Å². The van der Waals surface area contributed by atoms with E-state index >= 15 is 0 Å². The van der Waals surface area contributed by atoms with Crippen LogP contribution in [0.1, 0.15) is 13.8 Å². The van der Waals surface area contributed by atoms with Crippen LogP contribution >= 0.6 is 28.8 Å². The van der Waals surface area contributed by atoms with Crippen molar-refractivity contribution < 1.29 is 13.0 Å². The third-order valence-corrected chi connectivity index (χ3v) is 11.3. The number of nitrogens with two attached hydrogens (primary N) is 2. The average Bonchev–Trinajstić information content (AvgIpc) is 2.38. The highest BCUT2D eigenvalue weighted by Crippen LogP contribution is 2.68. The van der Waals surface area contributed by atoms with Gasteiger partial charge in [0.05, 0.1) is 0 Å². The molecule has 7 nitrogen and oxygen atoms in total. The molecule has 114 valence electrons. The highest BCUT2D eigenvalue weighted by molar-refractivity contribution is 8.89. The Morgan fingerprint density at radius 1 is 1.20 bits per heavy atom. The van der Waals surface area contributed by atoms with Gasteiger partial charge in [-0.15, -0.1) is 4.08 Å². The van der Waals surface area contributed by atoms with E-state index in [0.717, 1.165) is 4.08 Å². The van der Waals surface area contributed by atoms with Gasteiger partial charge < -0.3 is 0 Å². The van der Waals surface area contributed by atoms with Crippen LogP contribution in [0.2, 0.25) is 0 Å². The number of hydrogen-bond acceptors (Lipinski definition) is 7. The predicted molar refractivity (Wildman–Crippen MR) is 87.1 cm³/mol. The van der Waals surface area contributed by atoms with E-state index in [1.54, 1.807) is 44.2 Å². The van der Waals surface area contributed by atoms with Crippen LogP contribution in [0.25, 0.3) is 0 Å². The maximum absolute atomic E-state index is 12.5. The van der Waals surface area contributed by atoms with Gasteiger partial charge in [-0.1, -0.05) is 18.2 Å². The monoisotopic (exact) mass is 356 g/mol. The van der Waals surface area contributed by atoms with Crippen LogP contribution in [-0.4, -0.2) is 18.5 Å². The molecule has 0 saturated heterocycles. The summed E-state index contributed by atoms with van der Waals surface area (Å²) in [6, 6.07) is 7.75. The first-order valence-corrected chi connectivity index (χ1v) is 11.6. The van der Waals surface area contributed by atoms with E-state index in [1.165, 1.54) is 0 Å². The summed E-state index contributed by atoms with van der Waals surface area (Å²) in [5, 5.41) is 10.7. The van der Waals surface area contributed by atoms with Crippen LogP contribution in [0.4, 0.5) is 5.69 Å². The number of para-hydroxylation sites is 1. The lowest BCUT2D eigenvalue weighted by Gasteiger charge is -2.30. The molecule has 1 rings (SSSR count). The van der Waals surface area contributed by atoms with Gasteiger partial charge in [0.2, 0.25) is 0 Å². The summed E-state index contributed by atoms with van der Waals surface area (Å²) in [6.45, 7) is 3.20. The van der Waals surface area contributed by atoms with Crippen LogP contribution in [0, 0.1) is 0 Å². The van der Waals surface area contributed by atoms with E-state index in [1.807, 2.05) is 0 Å². The standard InChI is InChI=1S/C9H17N4O3PS3/c1-8(2)13(17(14,18-10)19-11)20(15,16)12-9-6-4-3-5-7-9/h3-8,12H,10-11H2,1-2H3. The second-order valence-corrected chi connectivity index (χ2v) is 12.6. The Labute approximate surface area is 127 Å². The maximum atomic E-state index is 12.5. The minimum Gasteiger partial charge on any atom is -0.279 e. The summed E-state index contributed by atoms with van der Waals surface area (Å²) in [5.74, 6) is 0. The first kappa shape index (κ1) is 17.8. The van der Waals surface area contributed by atoms with E-state index in [0.29, 0.717) is 28.8 Å². The molecule has 0 aliphatic carbocycles. The first-order valence-electron chi connectivity index (χ1n) is 5.51. The zero-order chi connectivity index (χ0) is 15.4. The van der Waals surface area contributed by atoms with Crippen molar-refractivity contribution in [3.8, 4) is 0 Å². The average molecular weight is 356 g/mol. The molecule has 0 bridgehead atoms. The first-order chi connectivity index (χ1) is 9.27. The number of rotatable bonds is 7. The number of nitrogens with one attached hydrogen (secondary N) is 1. The zero-order valence-corrected chi connectivity index (χ0v) is 14.3. The van der Waals surface area contributed by atoms with Gasteiger partial charge in [-0.25, -0.2) is 0 Å². The van der Waals surface area contributed by atoms with E-state index in [2.05, 4.69) is 4.72 Å². The molecular weight excluding hydrogens is 339 g/mol. The molecular formula is C9H17N4O3PS3. The molecule has 0 spiro atoms. The van der Waals surface area contributed by atoms with Crippen molar-refractivity contribution in [1.29, 1.82) is 0 Å². The Morgan fingerprint density at radius 2 is 1.70 bits per heavy atom. The lowest BCUT2D eigenvalue weighted by molar-refractivity contribution is 0.476. The summed E-state index contributed by atoms with van der Waals surface area (Å²) >= 11 is 0.893. The highest BCUT2D eigenvalue weighted by atomic mass is 33.1. The fourth-order valence-electron chi connectivity index (χ4n) is 1.51. The molecule has 0 aliphatic heterocycles. The SMILES string of the molecule is CC(C)N(P(=O)(SN)SN)S(=O)(=O)Nc1ccccc1. The Bertz CT molecular complexity index is 573. The van der Waals surface area contributed by atoms with Crippen LogP contribution in [0.3, 0.4) is 0 Å². The lowest BCUT2D eigenvalue weighted by Crippen LogP contribution is -2.37. The molecule has 5 N–H and O–H groups in total. The summed E-state index contributed by atoms with van der Waals surface area (Å²) < 4.78 is 40.5. The molecule has 1 aromatic carbocycles. The topological polar surface area (TPSA) is 119 Å². The van der Waals surface area contributed by atoms with E-state index in [-0.39, 0.29) is 0 Å². The third-order valence-electron chi connectivity index (χ3n) is 2.22. The zero-order valence-electron chi connectivity index (χ0n) is 11.0. The smallest absolute Gasteiger partial charge is 0.279 e. The van der Waals surface area contributed by atoms with Gasteiger partial charge in [0.1, 0.15) is 0 Å². The summed E-state index contributed by atoms with van der Waals surface area (Å²) in [4.78, 5) is 0. The van der Waals surface area contributed by atoms with Crippen molar-refractivity contribution in [2.45, 2.75) is 19.9 Å². The van der Waals surface area contributed by atoms with Gasteiger partial charge in [0.15, 0.2) is 0 Å². The molecule has 0 aromatic heterocycles. The van der Waals surface area contributed by atoms with Gasteiger partial charge in [-0.05, 0) is 26.0 Å². The summed E-state index contributed by atoms with van der Waals surface area (Å²) in [6.07, 6.45) is 0.